The molecule has 1 heterocycles. The van der Waals surface area contributed by atoms with Crippen LogP contribution in [0.3, 0.4) is 0 Å². The van der Waals surface area contributed by atoms with Crippen molar-refractivity contribution in [2.45, 2.75) is 83.8 Å². The monoisotopic (exact) mass is 377 g/mol. The normalized spacial score (nSPS) is 19.0. The zero-order valence-corrected chi connectivity index (χ0v) is 17.1. The molecule has 3 atom stereocenters. The first-order chi connectivity index (χ1) is 13.0. The average molecular weight is 378 g/mol. The minimum atomic E-state index is -0.535. The highest BCUT2D eigenvalue weighted by atomic mass is 16.5. The molecule has 5 heteroatoms. The van der Waals surface area contributed by atoms with Gasteiger partial charge in [-0.1, -0.05) is 38.8 Å². The van der Waals surface area contributed by atoms with Crippen molar-refractivity contribution in [3.05, 3.63) is 12.2 Å². The van der Waals surface area contributed by atoms with Gasteiger partial charge in [-0.25, -0.2) is 0 Å². The van der Waals surface area contributed by atoms with Gasteiger partial charge in [0.15, 0.2) is 0 Å². The molecule has 1 saturated heterocycles. The van der Waals surface area contributed by atoms with Crippen LogP contribution < -0.4 is 0 Å². The number of methoxy groups -OCH3 is 1. The first-order valence-electron chi connectivity index (χ1n) is 10.2. The lowest BCUT2D eigenvalue weighted by Crippen LogP contribution is -2.33. The summed E-state index contributed by atoms with van der Waals surface area (Å²) in [5.41, 5.74) is 0. The number of rotatable bonds is 11. The van der Waals surface area contributed by atoms with E-state index >= 15 is 0 Å². The van der Waals surface area contributed by atoms with Crippen LogP contribution in [-0.2, 0) is 14.3 Å². The predicted octanol–water partition coefficient (Wildman–Crippen LogP) is 3.46. The van der Waals surface area contributed by atoms with E-state index in [9.17, 15) is 14.7 Å². The molecule has 1 amide bonds. The molecule has 3 unspecified atom stereocenters. The van der Waals surface area contributed by atoms with Crippen LogP contribution in [-0.4, -0.2) is 47.7 Å². The summed E-state index contributed by atoms with van der Waals surface area (Å²) in [6.07, 6.45) is 10.4. The fourth-order valence-electron chi connectivity index (χ4n) is 3.16. The minimum Gasteiger partial charge on any atom is -0.469 e. The first-order valence-corrected chi connectivity index (χ1v) is 10.2. The van der Waals surface area contributed by atoms with E-state index in [2.05, 4.69) is 16.6 Å². The Morgan fingerprint density at radius 3 is 2.78 bits per heavy atom. The summed E-state index contributed by atoms with van der Waals surface area (Å²) >= 11 is 0. The van der Waals surface area contributed by atoms with Crippen LogP contribution in [0.25, 0.3) is 0 Å². The zero-order chi connectivity index (χ0) is 20.1. The highest BCUT2D eigenvalue weighted by Gasteiger charge is 2.28. The molecule has 0 aromatic heterocycles. The van der Waals surface area contributed by atoms with Crippen LogP contribution in [0.5, 0.6) is 0 Å². The van der Waals surface area contributed by atoms with Crippen molar-refractivity contribution in [1.29, 1.82) is 0 Å². The number of esters is 1. The predicted molar refractivity (Wildman–Crippen MR) is 107 cm³/mol. The largest absolute Gasteiger partial charge is 0.469 e. The third-order valence-electron chi connectivity index (χ3n) is 4.97. The quantitative estimate of drug-likeness (QED) is 0.259. The molecule has 0 bridgehead atoms. The van der Waals surface area contributed by atoms with Gasteiger partial charge in [0.1, 0.15) is 0 Å². The summed E-state index contributed by atoms with van der Waals surface area (Å²) in [5, 5.41) is 10.3. The van der Waals surface area contributed by atoms with Gasteiger partial charge in [-0.05, 0) is 25.2 Å². The lowest BCUT2D eigenvalue weighted by atomic mass is 10.00. The number of hydrogen-bond donors (Lipinski definition) is 1. The second-order valence-electron chi connectivity index (χ2n) is 7.20. The number of ether oxygens (including phenoxy) is 1. The summed E-state index contributed by atoms with van der Waals surface area (Å²) < 4.78 is 4.63. The van der Waals surface area contributed by atoms with E-state index in [1.165, 1.54) is 7.11 Å². The molecule has 0 radical (unpaired) electrons. The van der Waals surface area contributed by atoms with Gasteiger partial charge in [0.25, 0.3) is 0 Å². The molecule has 0 saturated carbocycles. The van der Waals surface area contributed by atoms with E-state index in [0.717, 1.165) is 45.1 Å². The molecular formula is C22H35NO4. The molecule has 27 heavy (non-hydrogen) atoms. The Labute approximate surface area is 164 Å². The zero-order valence-electron chi connectivity index (χ0n) is 17.1. The smallest absolute Gasteiger partial charge is 0.305 e. The molecule has 0 aromatic carbocycles. The Morgan fingerprint density at radius 1 is 1.33 bits per heavy atom. The van der Waals surface area contributed by atoms with Crippen molar-refractivity contribution < 1.29 is 19.4 Å². The van der Waals surface area contributed by atoms with Crippen LogP contribution >= 0.6 is 0 Å². The Kier molecular flexibility index (Phi) is 11.5. The maximum absolute atomic E-state index is 12.1. The van der Waals surface area contributed by atoms with Gasteiger partial charge in [0, 0.05) is 32.2 Å². The summed E-state index contributed by atoms with van der Waals surface area (Å²) in [4.78, 5) is 25.1. The number of hydrogen-bond acceptors (Lipinski definition) is 4. The van der Waals surface area contributed by atoms with Gasteiger partial charge < -0.3 is 14.7 Å². The molecular weight excluding hydrogens is 342 g/mol. The Hall–Kier alpha value is -1.80. The maximum atomic E-state index is 12.1. The first kappa shape index (κ1) is 23.2. The van der Waals surface area contributed by atoms with Crippen molar-refractivity contribution in [2.75, 3.05) is 13.7 Å². The highest BCUT2D eigenvalue weighted by molar-refractivity contribution is 5.79. The van der Waals surface area contributed by atoms with Crippen molar-refractivity contribution in [3.63, 3.8) is 0 Å². The van der Waals surface area contributed by atoms with Gasteiger partial charge in [0.2, 0.25) is 5.91 Å². The standard InChI is InChI=1S/C22H35NO4/c1-4-5-8-11-18(2)20(24)15-13-19-14-16-21(25)23(19)17-10-7-6-9-12-22(26)27-3/h13,15,18-20,24H,4,6-7,9-12,14,16-17H2,1-3H3. The van der Waals surface area contributed by atoms with Gasteiger partial charge in [0.05, 0.1) is 19.3 Å². The SMILES string of the molecule is CCC#CCC(C)C(O)C=CC1CCC(=O)N1CCCCCCC(=O)OC. The number of unbranched alkanes of at least 4 members (excludes halogenated alkanes) is 3. The van der Waals surface area contributed by atoms with Crippen LogP contribution in [0.15, 0.2) is 12.2 Å². The number of likely N-dealkylation sites (tertiary alicyclic amines) is 1. The number of carbonyl (C=O) groups excluding carboxylic acids is 2. The van der Waals surface area contributed by atoms with Gasteiger partial charge in [-0.15, -0.1) is 11.8 Å². The number of nitrogens with zero attached hydrogens (tertiary/aromatic N) is 1. The van der Waals surface area contributed by atoms with Crippen molar-refractivity contribution in [1.82, 2.24) is 4.90 Å². The number of aliphatic hydroxyl groups excluding tert-OH is 1. The van der Waals surface area contributed by atoms with Crippen LogP contribution in [0.2, 0.25) is 0 Å². The third kappa shape index (κ3) is 9.10. The fraction of sp³-hybridized carbons (Fsp3) is 0.727. The van der Waals surface area contributed by atoms with Crippen LogP contribution in [0, 0.1) is 17.8 Å². The molecule has 0 spiro atoms. The lowest BCUT2D eigenvalue weighted by molar-refractivity contribution is -0.140. The van der Waals surface area contributed by atoms with Crippen LogP contribution in [0.1, 0.15) is 71.6 Å². The molecule has 0 aromatic rings. The van der Waals surface area contributed by atoms with E-state index < -0.39 is 6.10 Å². The van der Waals surface area contributed by atoms with Crippen molar-refractivity contribution >= 4 is 11.9 Å². The summed E-state index contributed by atoms with van der Waals surface area (Å²) in [7, 11) is 1.41. The molecule has 0 aliphatic carbocycles. The fourth-order valence-corrected chi connectivity index (χ4v) is 3.16. The van der Waals surface area contributed by atoms with Gasteiger partial charge in [-0.2, -0.15) is 0 Å². The molecule has 152 valence electrons. The van der Waals surface area contributed by atoms with Crippen molar-refractivity contribution in [2.24, 2.45) is 5.92 Å². The van der Waals surface area contributed by atoms with Gasteiger partial charge >= 0.3 is 5.97 Å². The second kappa shape index (κ2) is 13.4. The van der Waals surface area contributed by atoms with Crippen molar-refractivity contribution in [3.8, 4) is 11.8 Å². The molecule has 1 fully saturated rings. The summed E-state index contributed by atoms with van der Waals surface area (Å²) in [6, 6.07) is 0.0798. The topological polar surface area (TPSA) is 66.8 Å². The Morgan fingerprint density at radius 2 is 2.07 bits per heavy atom. The number of aliphatic hydroxyl groups is 1. The van der Waals surface area contributed by atoms with E-state index in [-0.39, 0.29) is 23.8 Å². The third-order valence-corrected chi connectivity index (χ3v) is 4.97. The number of amides is 1. The lowest BCUT2D eigenvalue weighted by Gasteiger charge is -2.23. The maximum Gasteiger partial charge on any atom is 0.305 e. The second-order valence-corrected chi connectivity index (χ2v) is 7.20. The van der Waals surface area contributed by atoms with E-state index in [1.54, 1.807) is 0 Å². The number of carbonyl (C=O) groups is 2. The highest BCUT2D eigenvalue weighted by Crippen LogP contribution is 2.22. The molecule has 1 aliphatic rings. The summed E-state index contributed by atoms with van der Waals surface area (Å²) in [5.74, 6) is 6.22. The van der Waals surface area contributed by atoms with E-state index in [0.29, 0.717) is 19.3 Å². The van der Waals surface area contributed by atoms with Gasteiger partial charge in [-0.3, -0.25) is 9.59 Å². The molecule has 1 aliphatic heterocycles. The average Bonchev–Trinajstić information content (AvgIpc) is 3.02. The van der Waals surface area contributed by atoms with Crippen LogP contribution in [0.4, 0.5) is 0 Å². The summed E-state index contributed by atoms with van der Waals surface area (Å²) in [6.45, 7) is 4.74. The van der Waals surface area contributed by atoms with E-state index in [4.69, 9.17) is 0 Å². The minimum absolute atomic E-state index is 0.0798. The van der Waals surface area contributed by atoms with E-state index in [1.807, 2.05) is 30.9 Å². The Balaban J connectivity index is 2.37. The molecule has 1 N–H and O–H groups in total. The molecule has 5 nitrogen and oxygen atoms in total. The molecule has 1 rings (SSSR count). The Bertz CT molecular complexity index is 546.